The van der Waals surface area contributed by atoms with Crippen molar-refractivity contribution in [2.24, 2.45) is 5.92 Å². The Balaban J connectivity index is 0.000000158. The van der Waals surface area contributed by atoms with Gasteiger partial charge in [-0.25, -0.2) is 33.3 Å². The number of ether oxygens (including phenoxy) is 2. The van der Waals surface area contributed by atoms with Crippen molar-refractivity contribution in [2.45, 2.75) is 260 Å². The van der Waals surface area contributed by atoms with Gasteiger partial charge >= 0.3 is 6.01 Å². The van der Waals surface area contributed by atoms with Crippen LogP contribution in [-0.2, 0) is 56.8 Å². The molecule has 9 aliphatic rings. The smallest absolute Gasteiger partial charge is 0.318 e. The van der Waals surface area contributed by atoms with Crippen molar-refractivity contribution >= 4 is 74.6 Å². The SMILES string of the molecule is CC(C)(C)c1cc(NC2CNC2)nc(N2CCC2)n1.CC(C)(C)c1cc(NC2COC2)nc(N2CCN(S(C)(=O)=O)CC2)n1.CC(C)CC(=O)N1CC(Nc2cc(C(C)(C)C)ccn2)C1.CC(C)N1CCN(c2nc(NC3CNC3)cc(C(C)(C)C)n2)CC1.CCCC(=O)N1CC(Nc2cc(C(C)(C)C)ccn2)C1.COc1nc(NC2CNC2)cc(C(C)(C)C)n1. The van der Waals surface area contributed by atoms with Gasteiger partial charge in [0.15, 0.2) is 0 Å². The fourth-order valence-corrected chi connectivity index (χ4v) is 15.2. The third-order valence-electron chi connectivity index (χ3n) is 23.4. The van der Waals surface area contributed by atoms with Gasteiger partial charge in [-0.05, 0) is 78.8 Å². The second-order valence-corrected chi connectivity index (χ2v) is 43.9. The molecule has 9 saturated heterocycles. The number of anilines is 9. The fraction of sp³-hybridized carbons (Fsp3) is 0.699. The molecule has 698 valence electrons. The normalized spacial score (nSPS) is 18.3. The van der Waals surface area contributed by atoms with Crippen LogP contribution in [0.3, 0.4) is 0 Å². The van der Waals surface area contributed by atoms with Crippen molar-refractivity contribution in [1.29, 1.82) is 0 Å². The Kier molecular flexibility index (Phi) is 34.0. The van der Waals surface area contributed by atoms with Crippen molar-refractivity contribution in [3.8, 4) is 6.01 Å². The van der Waals surface area contributed by atoms with Gasteiger partial charge in [0.1, 0.15) is 34.9 Å². The second kappa shape index (κ2) is 43.1. The van der Waals surface area contributed by atoms with Crippen molar-refractivity contribution in [3.63, 3.8) is 0 Å². The molecule has 0 aliphatic carbocycles. The number of sulfonamides is 1. The summed E-state index contributed by atoms with van der Waals surface area (Å²) in [5.41, 5.74) is 6.92. The number of carbonyl (C=O) groups is 2. The summed E-state index contributed by atoms with van der Waals surface area (Å²) < 4.78 is 35.2. The van der Waals surface area contributed by atoms with Crippen LogP contribution in [-0.4, -0.2) is 289 Å². The van der Waals surface area contributed by atoms with Gasteiger partial charge in [-0.3, -0.25) is 14.5 Å². The molecule has 6 aromatic heterocycles. The predicted octanol–water partition coefficient (Wildman–Crippen LogP) is 10.7. The lowest BCUT2D eigenvalue weighted by atomic mass is 9.88. The molecule has 9 fully saturated rings. The molecule has 0 radical (unpaired) electrons. The molecule has 15 heterocycles. The van der Waals surface area contributed by atoms with Crippen LogP contribution in [0.5, 0.6) is 6.01 Å². The molecule has 33 heteroatoms. The van der Waals surface area contributed by atoms with Crippen LogP contribution in [0.1, 0.15) is 219 Å². The van der Waals surface area contributed by atoms with E-state index in [9.17, 15) is 18.0 Å². The number of hydrogen-bond donors (Lipinski definition) is 9. The van der Waals surface area contributed by atoms with Gasteiger partial charge in [-0.2, -0.15) is 29.2 Å². The Bertz CT molecular complexity index is 4580. The number of nitrogens with zero attached hydrogens (tertiary/aromatic N) is 17. The van der Waals surface area contributed by atoms with Gasteiger partial charge in [-0.1, -0.05) is 145 Å². The van der Waals surface area contributed by atoms with E-state index >= 15 is 0 Å². The average molecular weight is 1760 g/mol. The molecule has 9 N–H and O–H groups in total. The van der Waals surface area contributed by atoms with Gasteiger partial charge in [0.2, 0.25) is 39.7 Å². The van der Waals surface area contributed by atoms with Crippen molar-refractivity contribution < 1.29 is 27.5 Å². The van der Waals surface area contributed by atoms with E-state index < -0.39 is 10.0 Å². The summed E-state index contributed by atoms with van der Waals surface area (Å²) in [4.78, 5) is 82.5. The Labute approximate surface area is 753 Å². The molecule has 0 unspecified atom stereocenters. The first-order valence-corrected chi connectivity index (χ1v) is 47.8. The van der Waals surface area contributed by atoms with E-state index in [0.29, 0.717) is 106 Å². The standard InChI is InChI=1S/C18H32N6.C17H27N3O.C16H27N5O3S.C16H25N3O.C14H23N5.C12H20N4O/c1-13(2)23-6-8-24(9-7-23)17-21-15(18(3,4)5)10-16(22-17)20-14-11-19-12-14;1-12(2)8-16(21)20-10-14(11-20)19-15-9-13(6-7-18-15)17(3,4)5;1-16(2,3)13-9-14(17-12-10-24-11-12)19-15(18-13)20-5-7-21(8-6-20)25(4,22)23;1-5-6-15(20)19-10-13(11-19)18-14-9-12(7-8-17-14)16(2,3)4;1-14(2,3)11-7-12(16-10-8-15-9-10)18-13(17-11)19-5-4-6-19;1-12(2,3)9-5-10(14-8-6-13-7-8)16-11(15-9)17-4/h10,13-14,19H,6-9,11-12H2,1-5H3,(H,20,21,22);6-7,9,12,14H,8,10-11H2,1-5H3,(H,18,19);9,12H,5-8,10-11H2,1-4H3,(H,17,18,19);7-9,13H,5-6,10-11H2,1-4H3,(H,17,18);7,10,15H,4-6,8-9H2,1-3H3,(H,16,17,18);5,8,13H,6-7H2,1-4H3,(H,14,15,16). The Morgan fingerprint density at radius 2 is 0.794 bits per heavy atom. The first kappa shape index (κ1) is 99.4. The number of amides is 2. The van der Waals surface area contributed by atoms with Gasteiger partial charge < -0.3 is 81.8 Å². The lowest BCUT2D eigenvalue weighted by molar-refractivity contribution is -0.136. The maximum absolute atomic E-state index is 11.9. The largest absolute Gasteiger partial charge is 0.467 e. The summed E-state index contributed by atoms with van der Waals surface area (Å²) in [6.07, 6.45) is 8.42. The molecule has 32 nitrogen and oxygen atoms in total. The highest BCUT2D eigenvalue weighted by atomic mass is 32.2. The summed E-state index contributed by atoms with van der Waals surface area (Å²) in [5.74, 6) is 8.75. The zero-order valence-corrected chi connectivity index (χ0v) is 81.6. The number of rotatable bonds is 22. The van der Waals surface area contributed by atoms with Gasteiger partial charge in [0.25, 0.3) is 0 Å². The lowest BCUT2D eigenvalue weighted by Gasteiger charge is -2.40. The molecule has 0 bridgehead atoms. The van der Waals surface area contributed by atoms with E-state index in [1.54, 1.807) is 7.11 Å². The summed E-state index contributed by atoms with van der Waals surface area (Å²) in [6.45, 7) is 68.9. The van der Waals surface area contributed by atoms with Crippen LogP contribution in [0.25, 0.3) is 0 Å². The third kappa shape index (κ3) is 29.9. The number of nitrogens with one attached hydrogen (secondary N) is 9. The first-order valence-electron chi connectivity index (χ1n) is 46.0. The number of likely N-dealkylation sites (tertiary alicyclic amines) is 2. The molecule has 0 atom stereocenters. The third-order valence-corrected chi connectivity index (χ3v) is 24.7. The van der Waals surface area contributed by atoms with Crippen LogP contribution in [0.15, 0.2) is 60.9 Å². The Morgan fingerprint density at radius 3 is 1.10 bits per heavy atom. The van der Waals surface area contributed by atoms with Crippen LogP contribution < -0.4 is 67.3 Å². The van der Waals surface area contributed by atoms with E-state index in [2.05, 4.69) is 286 Å². The zero-order chi connectivity index (χ0) is 91.9. The van der Waals surface area contributed by atoms with Crippen LogP contribution in [0, 0.1) is 5.92 Å². The molecular weight excluding hydrogens is 1610 g/mol. The van der Waals surface area contributed by atoms with E-state index in [0.717, 1.165) is 181 Å². The van der Waals surface area contributed by atoms with E-state index in [-0.39, 0.29) is 50.3 Å². The predicted molar refractivity (Wildman–Crippen MR) is 511 cm³/mol. The molecule has 2 amide bonds. The zero-order valence-electron chi connectivity index (χ0n) is 80.7. The highest BCUT2D eigenvalue weighted by Gasteiger charge is 2.36. The average Bonchev–Trinajstić information content (AvgIpc) is 0.833. The second-order valence-electron chi connectivity index (χ2n) is 41.9. The maximum atomic E-state index is 11.9. The number of piperazine rings is 2. The molecular formula is C93H154N26O6S. The maximum Gasteiger partial charge on any atom is 0.318 e. The molecule has 0 saturated carbocycles. The topological polar surface area (TPSA) is 347 Å². The monoisotopic (exact) mass is 1760 g/mol. The van der Waals surface area contributed by atoms with Crippen molar-refractivity contribution in [3.05, 3.63) is 94.8 Å². The lowest BCUT2D eigenvalue weighted by Crippen LogP contribution is -2.57. The number of methoxy groups -OCH3 is 1. The van der Waals surface area contributed by atoms with Crippen LogP contribution in [0.2, 0.25) is 0 Å². The fourth-order valence-electron chi connectivity index (χ4n) is 14.3. The van der Waals surface area contributed by atoms with Gasteiger partial charge in [0.05, 0.1) is 85.6 Å². The molecule has 9 aliphatic heterocycles. The van der Waals surface area contributed by atoms with Gasteiger partial charge in [-0.15, -0.1) is 0 Å². The molecule has 6 aromatic rings. The highest BCUT2D eigenvalue weighted by molar-refractivity contribution is 7.88. The van der Waals surface area contributed by atoms with E-state index in [1.807, 2.05) is 41.2 Å². The molecule has 0 spiro atoms. The number of carbonyl (C=O) groups excluding carboxylic acids is 2. The minimum atomic E-state index is -3.14. The number of aromatic nitrogens is 10. The van der Waals surface area contributed by atoms with Gasteiger partial charge in [0, 0.05) is 208 Å². The highest BCUT2D eigenvalue weighted by Crippen LogP contribution is 2.33. The quantitative estimate of drug-likeness (QED) is 0.0305. The first-order chi connectivity index (χ1) is 59.1. The molecule has 126 heavy (non-hydrogen) atoms. The number of pyridine rings is 2. The summed E-state index contributed by atoms with van der Waals surface area (Å²) in [7, 11) is -1.55. The summed E-state index contributed by atoms with van der Waals surface area (Å²) >= 11 is 0. The minimum absolute atomic E-state index is 0.00941. The van der Waals surface area contributed by atoms with Crippen molar-refractivity contribution in [2.75, 3.05) is 204 Å². The van der Waals surface area contributed by atoms with E-state index in [4.69, 9.17) is 29.4 Å². The van der Waals surface area contributed by atoms with Crippen LogP contribution >= 0.6 is 0 Å². The molecule has 15 rings (SSSR count). The van der Waals surface area contributed by atoms with Crippen molar-refractivity contribution in [1.82, 2.24) is 84.8 Å². The van der Waals surface area contributed by atoms with Crippen LogP contribution in [0.4, 0.5) is 52.8 Å². The minimum Gasteiger partial charge on any atom is -0.467 e. The molecule has 0 aromatic carbocycles. The summed E-state index contributed by atoms with van der Waals surface area (Å²) in [6, 6.07) is 20.0. The van der Waals surface area contributed by atoms with E-state index in [1.165, 1.54) is 28.1 Å². The Hall–Kier alpha value is -8.73. The Morgan fingerprint density at radius 1 is 0.444 bits per heavy atom. The number of hydrogen-bond acceptors (Lipinski definition) is 29. The summed E-state index contributed by atoms with van der Waals surface area (Å²) in [5, 5.41) is 30.4.